The molecule has 0 bridgehead atoms. The minimum Gasteiger partial charge on any atom is -0.457 e. The highest BCUT2D eigenvalue weighted by Crippen LogP contribution is 2.38. The van der Waals surface area contributed by atoms with Crippen molar-refractivity contribution in [1.82, 2.24) is 20.4 Å². The van der Waals surface area contributed by atoms with Crippen molar-refractivity contribution in [3.63, 3.8) is 0 Å². The molecular formula is C26H30N4O5. The first-order valence-electron chi connectivity index (χ1n) is 11.7. The van der Waals surface area contributed by atoms with Gasteiger partial charge < -0.3 is 25.0 Å². The van der Waals surface area contributed by atoms with E-state index in [1.165, 1.54) is 4.90 Å². The molecule has 0 radical (unpaired) electrons. The maximum atomic E-state index is 13.6. The van der Waals surface area contributed by atoms with Crippen LogP contribution in [0.5, 0.6) is 11.5 Å². The van der Waals surface area contributed by atoms with Crippen LogP contribution in [0.4, 0.5) is 4.79 Å². The summed E-state index contributed by atoms with van der Waals surface area (Å²) in [6.45, 7) is 4.87. The predicted octanol–water partition coefficient (Wildman–Crippen LogP) is 2.81. The van der Waals surface area contributed by atoms with Crippen LogP contribution in [-0.2, 0) is 14.3 Å². The Labute approximate surface area is 204 Å². The molecule has 184 valence electrons. The SMILES string of the molecule is CCN1C(=O)N[C@@H](c2cccc(Oc3ccccc3)c2)C2=C1CN([C@@H](C)C(=O)NCCOC)C2=O. The highest BCUT2D eigenvalue weighted by molar-refractivity contribution is 6.03. The molecule has 0 unspecified atom stereocenters. The Morgan fingerprint density at radius 1 is 1.14 bits per heavy atom. The van der Waals surface area contributed by atoms with E-state index in [0.29, 0.717) is 42.5 Å². The minimum absolute atomic E-state index is 0.186. The van der Waals surface area contributed by atoms with Crippen molar-refractivity contribution in [2.45, 2.75) is 25.9 Å². The number of nitrogens with one attached hydrogen (secondary N) is 2. The zero-order valence-electron chi connectivity index (χ0n) is 20.1. The molecule has 2 aromatic carbocycles. The molecule has 4 rings (SSSR count). The quantitative estimate of drug-likeness (QED) is 0.540. The minimum atomic E-state index is -0.702. The van der Waals surface area contributed by atoms with Crippen LogP contribution in [0.1, 0.15) is 25.5 Å². The number of methoxy groups -OCH3 is 1. The standard InChI is InChI=1S/C26H30N4O5/c1-4-29-21-16-30(17(2)24(31)27-13-14-34-3)25(32)22(21)23(28-26(29)33)18-9-8-12-20(15-18)35-19-10-6-5-7-11-19/h5-12,15,17,23H,4,13-14,16H2,1-3H3,(H,27,31)(H,28,33)/t17-,23-/m0/s1. The second-order valence-corrected chi connectivity index (χ2v) is 8.37. The summed E-state index contributed by atoms with van der Waals surface area (Å²) in [5.74, 6) is 0.738. The van der Waals surface area contributed by atoms with Crippen molar-refractivity contribution < 1.29 is 23.9 Å². The van der Waals surface area contributed by atoms with Gasteiger partial charge in [-0.3, -0.25) is 14.5 Å². The fraction of sp³-hybridized carbons (Fsp3) is 0.346. The molecule has 2 heterocycles. The molecule has 2 aliphatic rings. The molecule has 35 heavy (non-hydrogen) atoms. The van der Waals surface area contributed by atoms with Crippen molar-refractivity contribution in [3.8, 4) is 11.5 Å². The van der Waals surface area contributed by atoms with E-state index in [2.05, 4.69) is 10.6 Å². The molecule has 0 spiro atoms. The lowest BCUT2D eigenvalue weighted by atomic mass is 9.95. The third-order valence-electron chi connectivity index (χ3n) is 6.19. The predicted molar refractivity (Wildman–Crippen MR) is 130 cm³/mol. The molecule has 2 atom stereocenters. The number of urea groups is 1. The lowest BCUT2D eigenvalue weighted by Gasteiger charge is -2.33. The van der Waals surface area contributed by atoms with Gasteiger partial charge in [0.15, 0.2) is 0 Å². The number of likely N-dealkylation sites (N-methyl/N-ethyl adjacent to an activating group) is 1. The van der Waals surface area contributed by atoms with Gasteiger partial charge in [0.05, 0.1) is 30.5 Å². The van der Waals surface area contributed by atoms with Crippen molar-refractivity contribution in [2.75, 3.05) is 33.4 Å². The highest BCUT2D eigenvalue weighted by Gasteiger charge is 2.45. The number of ether oxygens (including phenoxy) is 2. The summed E-state index contributed by atoms with van der Waals surface area (Å²) in [7, 11) is 1.56. The van der Waals surface area contributed by atoms with Crippen LogP contribution >= 0.6 is 0 Å². The number of benzene rings is 2. The van der Waals surface area contributed by atoms with Gasteiger partial charge in [-0.25, -0.2) is 4.79 Å². The van der Waals surface area contributed by atoms with Gasteiger partial charge in [-0.2, -0.15) is 0 Å². The van der Waals surface area contributed by atoms with E-state index in [0.717, 1.165) is 5.56 Å². The van der Waals surface area contributed by atoms with Crippen molar-refractivity contribution in [2.24, 2.45) is 0 Å². The van der Waals surface area contributed by atoms with E-state index >= 15 is 0 Å². The molecule has 2 aromatic rings. The van der Waals surface area contributed by atoms with Crippen molar-refractivity contribution in [1.29, 1.82) is 0 Å². The maximum Gasteiger partial charge on any atom is 0.322 e. The molecule has 2 N–H and O–H groups in total. The van der Waals surface area contributed by atoms with Gasteiger partial charge in [-0.1, -0.05) is 30.3 Å². The van der Waals surface area contributed by atoms with Gasteiger partial charge in [-0.15, -0.1) is 0 Å². The lowest BCUT2D eigenvalue weighted by molar-refractivity contribution is -0.135. The number of para-hydroxylation sites is 1. The topological polar surface area (TPSA) is 100 Å². The first-order chi connectivity index (χ1) is 16.9. The molecule has 0 aromatic heterocycles. The smallest absolute Gasteiger partial charge is 0.322 e. The summed E-state index contributed by atoms with van der Waals surface area (Å²) >= 11 is 0. The van der Waals surface area contributed by atoms with Crippen LogP contribution in [0, 0.1) is 0 Å². The Morgan fingerprint density at radius 2 is 1.89 bits per heavy atom. The monoisotopic (exact) mass is 478 g/mol. The summed E-state index contributed by atoms with van der Waals surface area (Å²) in [6.07, 6.45) is 0. The van der Waals surface area contributed by atoms with Gasteiger partial charge in [0.25, 0.3) is 5.91 Å². The van der Waals surface area contributed by atoms with E-state index in [1.54, 1.807) is 18.9 Å². The Bertz CT molecular complexity index is 1130. The second kappa shape index (κ2) is 10.6. The molecule has 0 aliphatic carbocycles. The Kier molecular flexibility index (Phi) is 7.36. The maximum absolute atomic E-state index is 13.6. The zero-order valence-corrected chi connectivity index (χ0v) is 20.1. The average Bonchev–Trinajstić information content (AvgIpc) is 3.20. The van der Waals surface area contributed by atoms with Gasteiger partial charge >= 0.3 is 6.03 Å². The fourth-order valence-electron chi connectivity index (χ4n) is 4.36. The first-order valence-corrected chi connectivity index (χ1v) is 11.7. The summed E-state index contributed by atoms with van der Waals surface area (Å²) in [5, 5.41) is 5.75. The molecule has 0 fully saturated rings. The normalized spacial score (nSPS) is 18.3. The number of nitrogens with zero attached hydrogens (tertiary/aromatic N) is 2. The number of hydrogen-bond acceptors (Lipinski definition) is 5. The van der Waals surface area contributed by atoms with E-state index in [1.807, 2.05) is 61.5 Å². The highest BCUT2D eigenvalue weighted by atomic mass is 16.5. The Morgan fingerprint density at radius 3 is 2.60 bits per heavy atom. The van der Waals surface area contributed by atoms with Gasteiger partial charge in [0.1, 0.15) is 17.5 Å². The second-order valence-electron chi connectivity index (χ2n) is 8.37. The molecule has 9 heteroatoms. The third kappa shape index (κ3) is 5.00. The van der Waals surface area contributed by atoms with Crippen molar-refractivity contribution in [3.05, 3.63) is 71.4 Å². The molecule has 0 saturated heterocycles. The van der Waals surface area contributed by atoms with Crippen LogP contribution in [-0.4, -0.2) is 67.0 Å². The molecule has 0 saturated carbocycles. The third-order valence-corrected chi connectivity index (χ3v) is 6.19. The molecule has 4 amide bonds. The largest absolute Gasteiger partial charge is 0.457 e. The van der Waals surface area contributed by atoms with E-state index < -0.39 is 12.1 Å². The Hall–Kier alpha value is -3.85. The van der Waals surface area contributed by atoms with Gasteiger partial charge in [-0.05, 0) is 43.7 Å². The first kappa shape index (κ1) is 24.3. The number of rotatable bonds is 9. The van der Waals surface area contributed by atoms with E-state index in [4.69, 9.17) is 9.47 Å². The van der Waals surface area contributed by atoms with Crippen molar-refractivity contribution >= 4 is 17.8 Å². The van der Waals surface area contributed by atoms with Crippen LogP contribution in [0.15, 0.2) is 65.9 Å². The molecule has 2 aliphatic heterocycles. The van der Waals surface area contributed by atoms with Crippen LogP contribution in [0.2, 0.25) is 0 Å². The van der Waals surface area contributed by atoms with E-state index in [9.17, 15) is 14.4 Å². The summed E-state index contributed by atoms with van der Waals surface area (Å²) < 4.78 is 10.9. The van der Waals surface area contributed by atoms with Crippen LogP contribution in [0.3, 0.4) is 0 Å². The number of hydrogen-bond donors (Lipinski definition) is 2. The Balaban J connectivity index is 1.61. The van der Waals surface area contributed by atoms with E-state index in [-0.39, 0.29) is 24.4 Å². The summed E-state index contributed by atoms with van der Waals surface area (Å²) in [6, 6.07) is 15.1. The number of amides is 4. The van der Waals surface area contributed by atoms with Gasteiger partial charge in [0, 0.05) is 20.2 Å². The number of carbonyl (C=O) groups is 3. The zero-order chi connectivity index (χ0) is 24.9. The average molecular weight is 479 g/mol. The summed E-state index contributed by atoms with van der Waals surface area (Å²) in [4.78, 5) is 42.3. The summed E-state index contributed by atoms with van der Waals surface area (Å²) in [5.41, 5.74) is 1.82. The molecular weight excluding hydrogens is 448 g/mol. The van der Waals surface area contributed by atoms with Crippen LogP contribution < -0.4 is 15.4 Å². The molecule has 9 nitrogen and oxygen atoms in total. The van der Waals surface area contributed by atoms with Crippen LogP contribution in [0.25, 0.3) is 0 Å². The fourth-order valence-corrected chi connectivity index (χ4v) is 4.36. The lowest BCUT2D eigenvalue weighted by Crippen LogP contribution is -2.47. The number of carbonyl (C=O) groups excluding carboxylic acids is 3. The van der Waals surface area contributed by atoms with Gasteiger partial charge in [0.2, 0.25) is 5.91 Å².